The molecule has 0 spiro atoms. The lowest BCUT2D eigenvalue weighted by atomic mass is 10.2. The van der Waals surface area contributed by atoms with E-state index >= 15 is 0 Å². The summed E-state index contributed by atoms with van der Waals surface area (Å²) in [7, 11) is 0. The molecule has 0 aliphatic carbocycles. The summed E-state index contributed by atoms with van der Waals surface area (Å²) in [5.74, 6) is -1.90. The van der Waals surface area contributed by atoms with Crippen molar-refractivity contribution in [2.24, 2.45) is 5.92 Å². The molecule has 0 fully saturated rings. The highest BCUT2D eigenvalue weighted by Crippen LogP contribution is 2.06. The van der Waals surface area contributed by atoms with Gasteiger partial charge in [-0.3, -0.25) is 19.5 Å². The fraction of sp³-hybridized carbons (Fsp3) is 0.375. The summed E-state index contributed by atoms with van der Waals surface area (Å²) in [5, 5.41) is 19.1. The molecule has 0 aliphatic rings. The Labute approximate surface area is 89.3 Å². The molecule has 8 nitrogen and oxygen atoms in total. The van der Waals surface area contributed by atoms with Gasteiger partial charge in [0, 0.05) is 6.54 Å². The van der Waals surface area contributed by atoms with Gasteiger partial charge in [0.2, 0.25) is 0 Å². The molecule has 1 rings (SSSR count). The summed E-state index contributed by atoms with van der Waals surface area (Å²) in [4.78, 5) is 34.8. The van der Waals surface area contributed by atoms with Gasteiger partial charge in [-0.15, -0.1) is 0 Å². The van der Waals surface area contributed by atoms with Crippen molar-refractivity contribution < 1.29 is 14.8 Å². The Balaban J connectivity index is 3.03. The Morgan fingerprint density at radius 2 is 2.38 bits per heavy atom. The standard InChI is InChI=1S/C8H9N3O5/c1-5(7(12)13)3-10-4-6(11(15)16)2-9-8(10)14/h2,4-5H,3H2,1H3,(H,12,13). The highest BCUT2D eigenvalue weighted by Gasteiger charge is 2.15. The van der Waals surface area contributed by atoms with Crippen LogP contribution < -0.4 is 5.69 Å². The van der Waals surface area contributed by atoms with E-state index in [2.05, 4.69) is 4.98 Å². The molecule has 1 aromatic heterocycles. The molecule has 1 heterocycles. The van der Waals surface area contributed by atoms with E-state index in [1.54, 1.807) is 0 Å². The number of carboxylic acids is 1. The van der Waals surface area contributed by atoms with E-state index < -0.39 is 22.5 Å². The molecule has 1 aromatic rings. The van der Waals surface area contributed by atoms with Crippen LogP contribution in [0.2, 0.25) is 0 Å². The van der Waals surface area contributed by atoms with E-state index in [0.29, 0.717) is 0 Å². The van der Waals surface area contributed by atoms with E-state index in [0.717, 1.165) is 17.0 Å². The predicted octanol–water partition coefficient (Wildman–Crippen LogP) is -0.128. The molecule has 8 heteroatoms. The van der Waals surface area contributed by atoms with Crippen molar-refractivity contribution in [2.75, 3.05) is 0 Å². The predicted molar refractivity (Wildman–Crippen MR) is 52.0 cm³/mol. The molecule has 86 valence electrons. The van der Waals surface area contributed by atoms with E-state index in [1.165, 1.54) is 6.92 Å². The van der Waals surface area contributed by atoms with Gasteiger partial charge >= 0.3 is 17.3 Å². The summed E-state index contributed by atoms with van der Waals surface area (Å²) in [5.41, 5.74) is -1.06. The van der Waals surface area contributed by atoms with Crippen molar-refractivity contribution in [1.29, 1.82) is 0 Å². The second-order valence-electron chi connectivity index (χ2n) is 3.24. The van der Waals surface area contributed by atoms with Crippen molar-refractivity contribution in [3.05, 3.63) is 33.0 Å². The van der Waals surface area contributed by atoms with Crippen LogP contribution in [0.3, 0.4) is 0 Å². The van der Waals surface area contributed by atoms with Crippen molar-refractivity contribution in [2.45, 2.75) is 13.5 Å². The SMILES string of the molecule is CC(Cn1cc([N+](=O)[O-])cnc1=O)C(=O)O. The van der Waals surface area contributed by atoms with Gasteiger partial charge in [0.25, 0.3) is 0 Å². The average Bonchev–Trinajstić information content (AvgIpc) is 2.20. The largest absolute Gasteiger partial charge is 0.481 e. The highest BCUT2D eigenvalue weighted by molar-refractivity contribution is 5.69. The van der Waals surface area contributed by atoms with Crippen LogP contribution in [-0.2, 0) is 11.3 Å². The van der Waals surface area contributed by atoms with Gasteiger partial charge in [0.1, 0.15) is 6.20 Å². The molecule has 1 N–H and O–H groups in total. The maximum absolute atomic E-state index is 11.2. The number of rotatable bonds is 4. The van der Waals surface area contributed by atoms with Crippen LogP contribution in [0.1, 0.15) is 6.92 Å². The zero-order valence-corrected chi connectivity index (χ0v) is 8.36. The molecule has 0 aromatic carbocycles. The van der Waals surface area contributed by atoms with Gasteiger partial charge in [0.05, 0.1) is 17.0 Å². The van der Waals surface area contributed by atoms with Crippen LogP contribution in [0.15, 0.2) is 17.2 Å². The fourth-order valence-corrected chi connectivity index (χ4v) is 1.04. The monoisotopic (exact) mass is 227 g/mol. The molecule has 16 heavy (non-hydrogen) atoms. The minimum atomic E-state index is -1.08. The minimum Gasteiger partial charge on any atom is -0.481 e. The molecule has 1 atom stereocenters. The molecule has 0 radical (unpaired) electrons. The lowest BCUT2D eigenvalue weighted by Crippen LogP contribution is -2.27. The maximum Gasteiger partial charge on any atom is 0.347 e. The molecular weight excluding hydrogens is 218 g/mol. The highest BCUT2D eigenvalue weighted by atomic mass is 16.6. The zero-order valence-electron chi connectivity index (χ0n) is 8.36. The van der Waals surface area contributed by atoms with Gasteiger partial charge in [-0.25, -0.2) is 4.79 Å². The quantitative estimate of drug-likeness (QED) is 0.565. The van der Waals surface area contributed by atoms with E-state index in [-0.39, 0.29) is 12.2 Å². The van der Waals surface area contributed by atoms with E-state index in [4.69, 9.17) is 5.11 Å². The second kappa shape index (κ2) is 4.51. The summed E-state index contributed by atoms with van der Waals surface area (Å²) in [6.07, 6.45) is 1.82. The number of nitrogens with zero attached hydrogens (tertiary/aromatic N) is 3. The Bertz CT molecular complexity index is 481. The Morgan fingerprint density at radius 3 is 2.88 bits per heavy atom. The van der Waals surface area contributed by atoms with Crippen molar-refractivity contribution in [3.63, 3.8) is 0 Å². The lowest BCUT2D eigenvalue weighted by molar-refractivity contribution is -0.385. The summed E-state index contributed by atoms with van der Waals surface area (Å²) in [6, 6.07) is 0. The van der Waals surface area contributed by atoms with Gasteiger partial charge in [-0.1, -0.05) is 6.92 Å². The van der Waals surface area contributed by atoms with Crippen molar-refractivity contribution in [3.8, 4) is 0 Å². The van der Waals surface area contributed by atoms with Gasteiger partial charge in [0.15, 0.2) is 0 Å². The Morgan fingerprint density at radius 1 is 1.75 bits per heavy atom. The van der Waals surface area contributed by atoms with Crippen molar-refractivity contribution >= 4 is 11.7 Å². The number of carboxylic acid groups (broad SMARTS) is 1. The van der Waals surface area contributed by atoms with Gasteiger partial charge in [-0.05, 0) is 0 Å². The summed E-state index contributed by atoms with van der Waals surface area (Å²) in [6.45, 7) is 1.25. The molecule has 0 saturated carbocycles. The fourth-order valence-electron chi connectivity index (χ4n) is 1.04. The number of hydrogen-bond acceptors (Lipinski definition) is 5. The zero-order chi connectivity index (χ0) is 12.3. The van der Waals surface area contributed by atoms with Crippen LogP contribution in [-0.4, -0.2) is 25.6 Å². The van der Waals surface area contributed by atoms with Crippen molar-refractivity contribution in [1.82, 2.24) is 9.55 Å². The van der Waals surface area contributed by atoms with Crippen LogP contribution in [0.4, 0.5) is 5.69 Å². The number of aromatic nitrogens is 2. The molecule has 0 saturated heterocycles. The molecule has 0 bridgehead atoms. The topological polar surface area (TPSA) is 115 Å². The number of nitro groups is 1. The smallest absolute Gasteiger partial charge is 0.347 e. The normalized spacial score (nSPS) is 12.1. The number of aliphatic carboxylic acids is 1. The molecule has 0 aliphatic heterocycles. The maximum atomic E-state index is 11.2. The van der Waals surface area contributed by atoms with E-state index in [9.17, 15) is 19.7 Å². The first-order chi connectivity index (χ1) is 7.41. The first-order valence-corrected chi connectivity index (χ1v) is 4.35. The third-order valence-electron chi connectivity index (χ3n) is 1.94. The third kappa shape index (κ3) is 2.62. The van der Waals surface area contributed by atoms with E-state index in [1.807, 2.05) is 0 Å². The summed E-state index contributed by atoms with van der Waals surface area (Å²) >= 11 is 0. The van der Waals surface area contributed by atoms with Gasteiger partial charge < -0.3 is 5.11 Å². The minimum absolute atomic E-state index is 0.150. The molecule has 1 unspecified atom stereocenters. The van der Waals surface area contributed by atoms with Crippen LogP contribution >= 0.6 is 0 Å². The Hall–Kier alpha value is -2.25. The summed E-state index contributed by atoms with van der Waals surface area (Å²) < 4.78 is 0.914. The lowest BCUT2D eigenvalue weighted by Gasteiger charge is -2.07. The van der Waals surface area contributed by atoms with Crippen LogP contribution in [0, 0.1) is 16.0 Å². The first-order valence-electron chi connectivity index (χ1n) is 4.35. The third-order valence-corrected chi connectivity index (χ3v) is 1.94. The first kappa shape index (κ1) is 11.8. The number of carbonyl (C=O) groups is 1. The van der Waals surface area contributed by atoms with Crippen LogP contribution in [0.5, 0.6) is 0 Å². The second-order valence-corrected chi connectivity index (χ2v) is 3.24. The Kier molecular flexibility index (Phi) is 3.33. The average molecular weight is 227 g/mol. The van der Waals surface area contributed by atoms with Crippen LogP contribution in [0.25, 0.3) is 0 Å². The molecular formula is C8H9N3O5. The van der Waals surface area contributed by atoms with Gasteiger partial charge in [-0.2, -0.15) is 4.98 Å². The molecule has 0 amide bonds. The number of hydrogen-bond donors (Lipinski definition) is 1.